The molecule has 0 spiro atoms. The van der Waals surface area contributed by atoms with Crippen LogP contribution in [0.15, 0.2) is 40.9 Å². The minimum Gasteiger partial charge on any atom is -0.493 e. The van der Waals surface area contributed by atoms with Gasteiger partial charge in [0.15, 0.2) is 11.5 Å². The molecule has 0 atom stereocenters. The number of halogens is 2. The molecule has 0 aliphatic carbocycles. The molecule has 0 aliphatic heterocycles. The third-order valence-electron chi connectivity index (χ3n) is 3.41. The predicted molar refractivity (Wildman–Crippen MR) is 98.5 cm³/mol. The summed E-state index contributed by atoms with van der Waals surface area (Å²) in [5.41, 5.74) is 2.12. The van der Waals surface area contributed by atoms with Gasteiger partial charge < -0.3 is 14.8 Å². The van der Waals surface area contributed by atoms with Crippen LogP contribution < -0.4 is 14.8 Å². The van der Waals surface area contributed by atoms with Gasteiger partial charge in [0, 0.05) is 28.1 Å². The third-order valence-corrected chi connectivity index (χ3v) is 4.52. The number of methoxy groups -OCH3 is 1. The Morgan fingerprint density at radius 2 is 1.91 bits per heavy atom. The average molecular weight is 399 g/mol. The van der Waals surface area contributed by atoms with E-state index in [1.807, 2.05) is 36.4 Å². The van der Waals surface area contributed by atoms with Crippen molar-refractivity contribution < 1.29 is 9.47 Å². The largest absolute Gasteiger partial charge is 0.493 e. The van der Waals surface area contributed by atoms with E-state index in [9.17, 15) is 0 Å². The lowest BCUT2D eigenvalue weighted by Crippen LogP contribution is -2.15. The molecule has 0 saturated heterocycles. The lowest BCUT2D eigenvalue weighted by atomic mass is 10.1. The molecular formula is C18H21BrClNO2. The fraction of sp³-hybridized carbons (Fsp3) is 0.333. The molecule has 2 rings (SSSR count). The fourth-order valence-electron chi connectivity index (χ4n) is 2.23. The van der Waals surface area contributed by atoms with Crippen molar-refractivity contribution in [1.82, 2.24) is 5.32 Å². The zero-order chi connectivity index (χ0) is 16.7. The highest BCUT2D eigenvalue weighted by Gasteiger charge is 2.14. The second-order valence-corrected chi connectivity index (χ2v) is 6.36. The second-order valence-electron chi connectivity index (χ2n) is 5.10. The van der Waals surface area contributed by atoms with Gasteiger partial charge in [-0.25, -0.2) is 0 Å². The van der Waals surface area contributed by atoms with Crippen LogP contribution >= 0.6 is 27.5 Å². The number of hydrogen-bond donors (Lipinski definition) is 1. The Bertz CT molecular complexity index is 649. The number of hydrogen-bond acceptors (Lipinski definition) is 3. The highest BCUT2D eigenvalue weighted by molar-refractivity contribution is 9.10. The zero-order valence-corrected chi connectivity index (χ0v) is 15.7. The molecule has 0 aromatic heterocycles. The summed E-state index contributed by atoms with van der Waals surface area (Å²) in [6.07, 6.45) is 0.947. The number of benzene rings is 2. The molecule has 2 aromatic carbocycles. The van der Waals surface area contributed by atoms with Crippen LogP contribution in [-0.2, 0) is 13.1 Å². The summed E-state index contributed by atoms with van der Waals surface area (Å²) in [6, 6.07) is 11.7. The van der Waals surface area contributed by atoms with Gasteiger partial charge in [-0.2, -0.15) is 0 Å². The first-order chi connectivity index (χ1) is 11.2. The van der Waals surface area contributed by atoms with Crippen LogP contribution in [0, 0.1) is 0 Å². The third kappa shape index (κ3) is 4.87. The number of ether oxygens (including phenoxy) is 2. The van der Waals surface area contributed by atoms with E-state index in [-0.39, 0.29) is 0 Å². The molecule has 2 aromatic rings. The van der Waals surface area contributed by atoms with Crippen molar-refractivity contribution in [3.05, 3.63) is 57.0 Å². The summed E-state index contributed by atoms with van der Waals surface area (Å²) in [6.45, 7) is 4.09. The topological polar surface area (TPSA) is 30.5 Å². The molecule has 0 aliphatic rings. The minimum absolute atomic E-state index is 0.655. The molecule has 0 bridgehead atoms. The molecule has 0 fully saturated rings. The minimum atomic E-state index is 0.655. The van der Waals surface area contributed by atoms with Crippen molar-refractivity contribution in [2.45, 2.75) is 26.4 Å². The second kappa shape index (κ2) is 9.16. The molecule has 0 unspecified atom stereocenters. The molecule has 0 radical (unpaired) electrons. The maximum absolute atomic E-state index is 6.19. The standard InChI is InChI=1S/C18H21BrClNO2/c1-3-10-23-18-14(15(19)8-9-17(18)22-2)12-21-11-13-6-4-5-7-16(13)20/h4-9,21H,3,10-12H2,1-2H3. The zero-order valence-electron chi connectivity index (χ0n) is 13.4. The Balaban J connectivity index is 2.13. The van der Waals surface area contributed by atoms with E-state index in [1.165, 1.54) is 0 Å². The summed E-state index contributed by atoms with van der Waals surface area (Å²) in [5, 5.41) is 4.19. The van der Waals surface area contributed by atoms with Gasteiger partial charge in [0.25, 0.3) is 0 Å². The molecule has 0 heterocycles. The van der Waals surface area contributed by atoms with E-state index >= 15 is 0 Å². The summed E-state index contributed by atoms with van der Waals surface area (Å²) in [7, 11) is 1.66. The highest BCUT2D eigenvalue weighted by Crippen LogP contribution is 2.36. The van der Waals surface area contributed by atoms with E-state index in [0.29, 0.717) is 19.7 Å². The number of rotatable bonds is 8. The van der Waals surface area contributed by atoms with Crippen molar-refractivity contribution in [3.8, 4) is 11.5 Å². The highest BCUT2D eigenvalue weighted by atomic mass is 79.9. The Hall–Kier alpha value is -1.23. The summed E-state index contributed by atoms with van der Waals surface area (Å²) in [4.78, 5) is 0. The smallest absolute Gasteiger partial charge is 0.166 e. The van der Waals surface area contributed by atoms with Gasteiger partial charge in [-0.15, -0.1) is 0 Å². The van der Waals surface area contributed by atoms with Crippen molar-refractivity contribution in [1.29, 1.82) is 0 Å². The first-order valence-corrected chi connectivity index (χ1v) is 8.76. The first kappa shape index (κ1) is 18.1. The van der Waals surface area contributed by atoms with E-state index < -0.39 is 0 Å². The van der Waals surface area contributed by atoms with E-state index in [4.69, 9.17) is 21.1 Å². The van der Waals surface area contributed by atoms with Crippen LogP contribution in [0.3, 0.4) is 0 Å². The van der Waals surface area contributed by atoms with Crippen LogP contribution in [0.4, 0.5) is 0 Å². The van der Waals surface area contributed by atoms with Gasteiger partial charge in [0.1, 0.15) is 0 Å². The molecule has 0 amide bonds. The van der Waals surface area contributed by atoms with Crippen LogP contribution in [0.2, 0.25) is 5.02 Å². The Morgan fingerprint density at radius 1 is 1.13 bits per heavy atom. The fourth-order valence-corrected chi connectivity index (χ4v) is 2.89. The summed E-state index contributed by atoms with van der Waals surface area (Å²) < 4.78 is 12.3. The Labute approximate surface area is 151 Å². The summed E-state index contributed by atoms with van der Waals surface area (Å²) >= 11 is 9.79. The lowest BCUT2D eigenvalue weighted by Gasteiger charge is -2.17. The number of nitrogens with one attached hydrogen (secondary N) is 1. The maximum atomic E-state index is 6.19. The maximum Gasteiger partial charge on any atom is 0.166 e. The molecule has 1 N–H and O–H groups in total. The van der Waals surface area contributed by atoms with E-state index in [2.05, 4.69) is 28.2 Å². The van der Waals surface area contributed by atoms with Gasteiger partial charge in [-0.05, 0) is 30.2 Å². The van der Waals surface area contributed by atoms with Crippen molar-refractivity contribution in [3.63, 3.8) is 0 Å². The van der Waals surface area contributed by atoms with Crippen LogP contribution in [0.25, 0.3) is 0 Å². The Morgan fingerprint density at radius 3 is 2.61 bits per heavy atom. The molecule has 5 heteroatoms. The average Bonchev–Trinajstić information content (AvgIpc) is 2.56. The van der Waals surface area contributed by atoms with Gasteiger partial charge in [-0.3, -0.25) is 0 Å². The van der Waals surface area contributed by atoms with Gasteiger partial charge >= 0.3 is 0 Å². The molecule has 23 heavy (non-hydrogen) atoms. The van der Waals surface area contributed by atoms with E-state index in [0.717, 1.165) is 38.5 Å². The van der Waals surface area contributed by atoms with Crippen molar-refractivity contribution >= 4 is 27.5 Å². The first-order valence-electron chi connectivity index (χ1n) is 7.59. The SMILES string of the molecule is CCCOc1c(OC)ccc(Br)c1CNCc1ccccc1Cl. The summed E-state index contributed by atoms with van der Waals surface area (Å²) in [5.74, 6) is 1.53. The van der Waals surface area contributed by atoms with E-state index in [1.54, 1.807) is 7.11 Å². The van der Waals surface area contributed by atoms with Crippen LogP contribution in [-0.4, -0.2) is 13.7 Å². The monoisotopic (exact) mass is 397 g/mol. The Kier molecular flexibility index (Phi) is 7.21. The molecule has 3 nitrogen and oxygen atoms in total. The lowest BCUT2D eigenvalue weighted by molar-refractivity contribution is 0.290. The normalized spacial score (nSPS) is 10.6. The van der Waals surface area contributed by atoms with Gasteiger partial charge in [-0.1, -0.05) is 52.7 Å². The predicted octanol–water partition coefficient (Wildman–Crippen LogP) is 5.19. The molecule has 124 valence electrons. The quantitative estimate of drug-likeness (QED) is 0.664. The van der Waals surface area contributed by atoms with Crippen LogP contribution in [0.1, 0.15) is 24.5 Å². The molecule has 0 saturated carbocycles. The van der Waals surface area contributed by atoms with Crippen molar-refractivity contribution in [2.24, 2.45) is 0 Å². The van der Waals surface area contributed by atoms with Gasteiger partial charge in [0.2, 0.25) is 0 Å². The van der Waals surface area contributed by atoms with Crippen LogP contribution in [0.5, 0.6) is 11.5 Å². The van der Waals surface area contributed by atoms with Gasteiger partial charge in [0.05, 0.1) is 13.7 Å². The van der Waals surface area contributed by atoms with Crippen molar-refractivity contribution in [2.75, 3.05) is 13.7 Å². The molecular weight excluding hydrogens is 378 g/mol.